The Balaban J connectivity index is 0.00000106. The number of rotatable bonds is 4. The molecule has 0 saturated carbocycles. The van der Waals surface area contributed by atoms with Crippen molar-refractivity contribution in [3.05, 3.63) is 24.0 Å². The van der Waals surface area contributed by atoms with E-state index in [0.29, 0.717) is 0 Å². The first-order valence-corrected chi connectivity index (χ1v) is 6.30. The van der Waals surface area contributed by atoms with Crippen molar-refractivity contribution in [1.29, 1.82) is 0 Å². The Labute approximate surface area is 101 Å². The Kier molecular flexibility index (Phi) is 8.72. The third-order valence-corrected chi connectivity index (χ3v) is 2.40. The van der Waals surface area contributed by atoms with Gasteiger partial charge in [0.1, 0.15) is 0 Å². The molecule has 16 heavy (non-hydrogen) atoms. The van der Waals surface area contributed by atoms with Gasteiger partial charge in [-0.05, 0) is 19.9 Å². The summed E-state index contributed by atoms with van der Waals surface area (Å²) in [4.78, 5) is 2.39. The largest absolute Gasteiger partial charge is 0.386 e. The van der Waals surface area contributed by atoms with E-state index >= 15 is 0 Å². The number of likely N-dealkylation sites (N-methyl/N-ethyl adjacent to an activating group) is 1. The number of hydrogen-bond donors (Lipinski definition) is 2. The molecule has 0 amide bonds. The van der Waals surface area contributed by atoms with Gasteiger partial charge in [0.05, 0.1) is 0 Å². The van der Waals surface area contributed by atoms with Gasteiger partial charge in [-0.3, -0.25) is 0 Å². The number of piperazine rings is 1. The van der Waals surface area contributed by atoms with Crippen LogP contribution in [0.3, 0.4) is 0 Å². The molecule has 0 atom stereocenters. The lowest BCUT2D eigenvalue weighted by atomic mass is 10.3. The lowest BCUT2D eigenvalue weighted by Gasteiger charge is -2.30. The normalized spacial score (nSPS) is 16.2. The fourth-order valence-corrected chi connectivity index (χ4v) is 1.64. The first kappa shape index (κ1) is 15.0. The zero-order valence-corrected chi connectivity index (χ0v) is 11.3. The summed E-state index contributed by atoms with van der Waals surface area (Å²) in [5.41, 5.74) is 2.31. The maximum absolute atomic E-state index is 3.95. The second-order valence-corrected chi connectivity index (χ2v) is 3.58. The standard InChI is InChI=1S/C11H21N3.C2H6/c1-4-13-10(2)9-11(3)14-7-5-12-6-8-14;1-2/h9,12-13H,2,4-8H2,1,3H3;1-2H3/b11-9+;. The zero-order chi connectivity index (χ0) is 12.4. The highest BCUT2D eigenvalue weighted by Crippen LogP contribution is 2.06. The van der Waals surface area contributed by atoms with Crippen LogP contribution >= 0.6 is 0 Å². The zero-order valence-electron chi connectivity index (χ0n) is 11.3. The summed E-state index contributed by atoms with van der Waals surface area (Å²) in [5.74, 6) is 0. The van der Waals surface area contributed by atoms with E-state index in [1.807, 2.05) is 13.8 Å². The molecule has 3 heteroatoms. The van der Waals surface area contributed by atoms with Crippen molar-refractivity contribution in [2.45, 2.75) is 27.7 Å². The molecule has 0 bridgehead atoms. The van der Waals surface area contributed by atoms with E-state index in [-0.39, 0.29) is 0 Å². The van der Waals surface area contributed by atoms with Crippen molar-refractivity contribution < 1.29 is 0 Å². The topological polar surface area (TPSA) is 27.3 Å². The van der Waals surface area contributed by atoms with Crippen molar-refractivity contribution in [2.75, 3.05) is 32.7 Å². The summed E-state index contributed by atoms with van der Waals surface area (Å²) >= 11 is 0. The van der Waals surface area contributed by atoms with E-state index < -0.39 is 0 Å². The average Bonchev–Trinajstić information content (AvgIpc) is 2.33. The highest BCUT2D eigenvalue weighted by molar-refractivity contribution is 5.17. The van der Waals surface area contributed by atoms with Crippen LogP contribution in [-0.2, 0) is 0 Å². The molecule has 0 unspecified atom stereocenters. The molecule has 1 aliphatic heterocycles. The Hall–Kier alpha value is -0.960. The summed E-state index contributed by atoms with van der Waals surface area (Å²) in [6, 6.07) is 0. The third kappa shape index (κ3) is 5.81. The quantitative estimate of drug-likeness (QED) is 0.716. The molecular weight excluding hydrogens is 198 g/mol. The van der Waals surface area contributed by atoms with Gasteiger partial charge in [-0.25, -0.2) is 0 Å². The minimum absolute atomic E-state index is 0.935. The molecule has 1 rings (SSSR count). The molecule has 0 aromatic rings. The molecule has 0 aromatic heterocycles. The van der Waals surface area contributed by atoms with Crippen LogP contribution in [0, 0.1) is 0 Å². The number of hydrogen-bond acceptors (Lipinski definition) is 3. The van der Waals surface area contributed by atoms with Gasteiger partial charge in [-0.1, -0.05) is 20.4 Å². The first-order chi connectivity index (χ1) is 7.74. The van der Waals surface area contributed by atoms with Crippen LogP contribution in [0.2, 0.25) is 0 Å². The molecule has 0 spiro atoms. The molecular formula is C13H27N3. The van der Waals surface area contributed by atoms with Gasteiger partial charge in [0.15, 0.2) is 0 Å². The van der Waals surface area contributed by atoms with Crippen LogP contribution in [0.25, 0.3) is 0 Å². The monoisotopic (exact) mass is 225 g/mol. The van der Waals surface area contributed by atoms with E-state index in [9.17, 15) is 0 Å². The molecule has 1 fully saturated rings. The van der Waals surface area contributed by atoms with Gasteiger partial charge in [0.2, 0.25) is 0 Å². The average molecular weight is 225 g/mol. The van der Waals surface area contributed by atoms with Gasteiger partial charge in [-0.2, -0.15) is 0 Å². The van der Waals surface area contributed by atoms with Crippen LogP contribution in [0.1, 0.15) is 27.7 Å². The molecule has 1 aliphatic rings. The fourth-order valence-electron chi connectivity index (χ4n) is 1.64. The third-order valence-electron chi connectivity index (χ3n) is 2.40. The molecule has 1 heterocycles. The lowest BCUT2D eigenvalue weighted by molar-refractivity contribution is 0.299. The summed E-state index contributed by atoms with van der Waals surface area (Å²) < 4.78 is 0. The molecule has 2 N–H and O–H groups in total. The van der Waals surface area contributed by atoms with Gasteiger partial charge in [0, 0.05) is 44.1 Å². The van der Waals surface area contributed by atoms with Gasteiger partial charge in [0.25, 0.3) is 0 Å². The van der Waals surface area contributed by atoms with Crippen LogP contribution in [0.15, 0.2) is 24.0 Å². The minimum atomic E-state index is 0.935. The number of nitrogens with zero attached hydrogens (tertiary/aromatic N) is 1. The predicted molar refractivity (Wildman–Crippen MR) is 72.4 cm³/mol. The maximum atomic E-state index is 3.95. The summed E-state index contributed by atoms with van der Waals surface area (Å²) in [7, 11) is 0. The van der Waals surface area contributed by atoms with Gasteiger partial charge >= 0.3 is 0 Å². The smallest absolute Gasteiger partial charge is 0.0300 e. The van der Waals surface area contributed by atoms with Crippen LogP contribution in [-0.4, -0.2) is 37.6 Å². The van der Waals surface area contributed by atoms with E-state index in [0.717, 1.165) is 38.4 Å². The lowest BCUT2D eigenvalue weighted by Crippen LogP contribution is -2.42. The van der Waals surface area contributed by atoms with E-state index in [4.69, 9.17) is 0 Å². The summed E-state index contributed by atoms with van der Waals surface area (Å²) in [5, 5.41) is 6.54. The van der Waals surface area contributed by atoms with Crippen molar-refractivity contribution >= 4 is 0 Å². The van der Waals surface area contributed by atoms with E-state index in [2.05, 4.69) is 42.0 Å². The summed E-state index contributed by atoms with van der Waals surface area (Å²) in [6.07, 6.45) is 2.12. The van der Waals surface area contributed by atoms with Crippen molar-refractivity contribution in [3.63, 3.8) is 0 Å². The summed E-state index contributed by atoms with van der Waals surface area (Å²) in [6.45, 7) is 17.5. The molecule has 3 nitrogen and oxygen atoms in total. The molecule has 0 radical (unpaired) electrons. The first-order valence-electron chi connectivity index (χ1n) is 6.30. The second-order valence-electron chi connectivity index (χ2n) is 3.58. The van der Waals surface area contributed by atoms with Crippen molar-refractivity contribution in [2.24, 2.45) is 0 Å². The Morgan fingerprint density at radius 3 is 2.44 bits per heavy atom. The van der Waals surface area contributed by atoms with Gasteiger partial charge in [-0.15, -0.1) is 0 Å². The fraction of sp³-hybridized carbons (Fsp3) is 0.692. The Morgan fingerprint density at radius 2 is 1.94 bits per heavy atom. The van der Waals surface area contributed by atoms with E-state index in [1.165, 1.54) is 5.70 Å². The van der Waals surface area contributed by atoms with Crippen LogP contribution in [0.5, 0.6) is 0 Å². The molecule has 0 aromatic carbocycles. The number of allylic oxidation sites excluding steroid dienone is 2. The highest BCUT2D eigenvalue weighted by Gasteiger charge is 2.08. The maximum Gasteiger partial charge on any atom is 0.0300 e. The van der Waals surface area contributed by atoms with Gasteiger partial charge < -0.3 is 15.5 Å². The minimum Gasteiger partial charge on any atom is -0.386 e. The molecule has 94 valence electrons. The van der Waals surface area contributed by atoms with Crippen molar-refractivity contribution in [3.8, 4) is 0 Å². The Morgan fingerprint density at radius 1 is 1.38 bits per heavy atom. The number of nitrogens with one attached hydrogen (secondary N) is 2. The van der Waals surface area contributed by atoms with Crippen LogP contribution in [0.4, 0.5) is 0 Å². The second kappa shape index (κ2) is 9.28. The molecule has 0 aliphatic carbocycles. The van der Waals surface area contributed by atoms with Crippen molar-refractivity contribution in [1.82, 2.24) is 15.5 Å². The van der Waals surface area contributed by atoms with E-state index in [1.54, 1.807) is 0 Å². The SMILES string of the molecule is C=C(/C=C(\C)N1CCNCC1)NCC.CC. The molecule has 1 saturated heterocycles. The highest BCUT2D eigenvalue weighted by atomic mass is 15.2. The predicted octanol–water partition coefficient (Wildman–Crippen LogP) is 1.94. The Bertz CT molecular complexity index is 215. The van der Waals surface area contributed by atoms with Crippen LogP contribution < -0.4 is 10.6 Å².